The van der Waals surface area contributed by atoms with Crippen molar-refractivity contribution in [3.05, 3.63) is 0 Å². The van der Waals surface area contributed by atoms with E-state index in [-0.39, 0.29) is 5.75 Å². The second kappa shape index (κ2) is 4.09. The zero-order valence-corrected chi connectivity index (χ0v) is 6.45. The Labute approximate surface area is 59.8 Å². The van der Waals surface area contributed by atoms with Gasteiger partial charge in [-0.05, 0) is 12.8 Å². The molecule has 0 atom stereocenters. The molecular formula is C4H9ClO3S. The maximum absolute atomic E-state index is 10.0. The van der Waals surface area contributed by atoms with E-state index in [4.69, 9.17) is 16.2 Å². The lowest BCUT2D eigenvalue weighted by molar-refractivity contribution is 0.481. The summed E-state index contributed by atoms with van der Waals surface area (Å²) >= 11 is 5.25. The Hall–Kier alpha value is 0.200. The van der Waals surface area contributed by atoms with Gasteiger partial charge in [-0.3, -0.25) is 4.55 Å². The molecule has 0 amide bonds. The number of alkyl halides is 1. The highest BCUT2D eigenvalue weighted by Gasteiger charge is 2.01. The molecule has 3 nitrogen and oxygen atoms in total. The minimum Gasteiger partial charge on any atom is -0.286 e. The van der Waals surface area contributed by atoms with Crippen LogP contribution in [0.1, 0.15) is 12.8 Å². The topological polar surface area (TPSA) is 54.4 Å². The largest absolute Gasteiger partial charge is 0.286 e. The van der Waals surface area contributed by atoms with Crippen LogP contribution in [-0.2, 0) is 10.1 Å². The van der Waals surface area contributed by atoms with E-state index in [1.807, 2.05) is 0 Å². The summed E-state index contributed by atoms with van der Waals surface area (Å²) in [5.74, 6) is 0.259. The lowest BCUT2D eigenvalue weighted by Gasteiger charge is -1.92. The van der Waals surface area contributed by atoms with Crippen molar-refractivity contribution in [3.8, 4) is 0 Å². The lowest BCUT2D eigenvalue weighted by atomic mass is 10.4. The molecule has 56 valence electrons. The predicted octanol–water partition coefficient (Wildman–Crippen LogP) is 0.893. The molecule has 0 aromatic carbocycles. The van der Waals surface area contributed by atoms with Crippen LogP contribution in [0.15, 0.2) is 0 Å². The Morgan fingerprint density at radius 1 is 1.33 bits per heavy atom. The summed E-state index contributed by atoms with van der Waals surface area (Å²) in [6.45, 7) is 0. The Bertz CT molecular complexity index is 151. The van der Waals surface area contributed by atoms with E-state index in [1.165, 1.54) is 0 Å². The van der Waals surface area contributed by atoms with Gasteiger partial charge in [-0.15, -0.1) is 11.6 Å². The highest BCUT2D eigenvalue weighted by molar-refractivity contribution is 7.85. The summed E-state index contributed by atoms with van der Waals surface area (Å²) in [5.41, 5.74) is 0. The van der Waals surface area contributed by atoms with Gasteiger partial charge < -0.3 is 0 Å². The maximum Gasteiger partial charge on any atom is 0.264 e. The van der Waals surface area contributed by atoms with Gasteiger partial charge in [0.15, 0.2) is 0 Å². The lowest BCUT2D eigenvalue weighted by Crippen LogP contribution is -2.03. The first-order valence-electron chi connectivity index (χ1n) is 2.57. The fourth-order valence-electron chi connectivity index (χ4n) is 0.379. The molecule has 0 aliphatic rings. The normalized spacial score (nSPS) is 11.8. The molecule has 5 heteroatoms. The van der Waals surface area contributed by atoms with Crippen LogP contribution in [0.25, 0.3) is 0 Å². The van der Waals surface area contributed by atoms with E-state index < -0.39 is 10.1 Å². The highest BCUT2D eigenvalue weighted by Crippen LogP contribution is 1.94. The second-order valence-electron chi connectivity index (χ2n) is 1.68. The molecule has 0 bridgehead atoms. The number of halogens is 1. The van der Waals surface area contributed by atoms with Crippen LogP contribution in [0.3, 0.4) is 0 Å². The molecule has 0 unspecified atom stereocenters. The van der Waals surface area contributed by atoms with E-state index in [0.717, 1.165) is 0 Å². The van der Waals surface area contributed by atoms with Crippen molar-refractivity contribution in [1.82, 2.24) is 0 Å². The van der Waals surface area contributed by atoms with Crippen LogP contribution in [-0.4, -0.2) is 24.6 Å². The molecule has 0 heterocycles. The van der Waals surface area contributed by atoms with Gasteiger partial charge in [0, 0.05) is 5.88 Å². The fourth-order valence-corrected chi connectivity index (χ4v) is 1.14. The van der Waals surface area contributed by atoms with Gasteiger partial charge in [0.25, 0.3) is 10.1 Å². The van der Waals surface area contributed by atoms with Crippen LogP contribution in [0.4, 0.5) is 0 Å². The van der Waals surface area contributed by atoms with Crippen molar-refractivity contribution >= 4 is 21.7 Å². The zero-order valence-electron chi connectivity index (χ0n) is 4.88. The monoisotopic (exact) mass is 172 g/mol. The minimum absolute atomic E-state index is 0.181. The molecule has 0 fully saturated rings. The molecule has 9 heavy (non-hydrogen) atoms. The van der Waals surface area contributed by atoms with Gasteiger partial charge in [-0.1, -0.05) is 0 Å². The summed E-state index contributed by atoms with van der Waals surface area (Å²) in [4.78, 5) is 0. The number of hydrogen-bond donors (Lipinski definition) is 1. The average Bonchev–Trinajstić information content (AvgIpc) is 1.63. The Morgan fingerprint density at radius 3 is 2.22 bits per heavy atom. The van der Waals surface area contributed by atoms with Crippen LogP contribution in [0.2, 0.25) is 0 Å². The number of rotatable bonds is 4. The first-order valence-corrected chi connectivity index (χ1v) is 4.72. The SMILES string of the molecule is O=S(=O)(O)CCCCCl. The van der Waals surface area contributed by atoms with E-state index in [1.54, 1.807) is 0 Å². The maximum atomic E-state index is 10.0. The Morgan fingerprint density at radius 2 is 1.89 bits per heavy atom. The smallest absolute Gasteiger partial charge is 0.264 e. The molecule has 0 aromatic rings. The van der Waals surface area contributed by atoms with Crippen molar-refractivity contribution in [2.24, 2.45) is 0 Å². The van der Waals surface area contributed by atoms with Crippen LogP contribution in [0.5, 0.6) is 0 Å². The van der Waals surface area contributed by atoms with Crippen LogP contribution in [0, 0.1) is 0 Å². The van der Waals surface area contributed by atoms with Gasteiger partial charge in [-0.2, -0.15) is 8.42 Å². The second-order valence-corrected chi connectivity index (χ2v) is 3.63. The van der Waals surface area contributed by atoms with Crippen molar-refractivity contribution in [2.45, 2.75) is 12.8 Å². The van der Waals surface area contributed by atoms with E-state index in [0.29, 0.717) is 18.7 Å². The molecule has 0 rings (SSSR count). The highest BCUT2D eigenvalue weighted by atomic mass is 35.5. The first-order chi connectivity index (χ1) is 4.06. The molecular weight excluding hydrogens is 164 g/mol. The average molecular weight is 173 g/mol. The van der Waals surface area contributed by atoms with Crippen molar-refractivity contribution in [1.29, 1.82) is 0 Å². The third-order valence-electron chi connectivity index (χ3n) is 0.786. The van der Waals surface area contributed by atoms with Crippen molar-refractivity contribution in [2.75, 3.05) is 11.6 Å². The quantitative estimate of drug-likeness (QED) is 0.389. The molecule has 0 saturated carbocycles. The van der Waals surface area contributed by atoms with Gasteiger partial charge in [0.05, 0.1) is 5.75 Å². The van der Waals surface area contributed by atoms with Gasteiger partial charge >= 0.3 is 0 Å². The Kier molecular flexibility index (Phi) is 4.18. The van der Waals surface area contributed by atoms with Crippen LogP contribution >= 0.6 is 11.6 Å². The van der Waals surface area contributed by atoms with E-state index in [2.05, 4.69) is 0 Å². The summed E-state index contributed by atoms with van der Waals surface area (Å²) < 4.78 is 28.2. The third-order valence-corrected chi connectivity index (χ3v) is 1.86. The third kappa shape index (κ3) is 8.20. The minimum atomic E-state index is -3.76. The molecule has 0 radical (unpaired) electrons. The molecule has 0 aliphatic carbocycles. The molecule has 0 aromatic heterocycles. The summed E-state index contributed by atoms with van der Waals surface area (Å²) in [7, 11) is -3.76. The standard InChI is InChI=1S/C4H9ClO3S/c5-3-1-2-4-9(6,7)8/h1-4H2,(H,6,7,8). The fraction of sp³-hybridized carbons (Fsp3) is 1.00. The van der Waals surface area contributed by atoms with Gasteiger partial charge in [-0.25, -0.2) is 0 Å². The van der Waals surface area contributed by atoms with E-state index >= 15 is 0 Å². The zero-order chi connectivity index (χ0) is 7.33. The molecule has 0 saturated heterocycles. The van der Waals surface area contributed by atoms with Crippen molar-refractivity contribution in [3.63, 3.8) is 0 Å². The molecule has 0 spiro atoms. The summed E-state index contributed by atoms with van der Waals surface area (Å²) in [5, 5.41) is 0. The Balaban J connectivity index is 3.30. The van der Waals surface area contributed by atoms with Gasteiger partial charge in [0.1, 0.15) is 0 Å². The molecule has 1 N–H and O–H groups in total. The molecule has 0 aliphatic heterocycles. The number of hydrogen-bond acceptors (Lipinski definition) is 2. The first kappa shape index (κ1) is 9.20. The van der Waals surface area contributed by atoms with E-state index in [9.17, 15) is 8.42 Å². The number of unbranched alkanes of at least 4 members (excludes halogenated alkanes) is 1. The summed E-state index contributed by atoms with van der Waals surface area (Å²) in [6.07, 6.45) is 1.06. The van der Waals surface area contributed by atoms with Crippen LogP contribution < -0.4 is 0 Å². The predicted molar refractivity (Wildman–Crippen MR) is 36.4 cm³/mol. The van der Waals surface area contributed by atoms with Crippen molar-refractivity contribution < 1.29 is 13.0 Å². The summed E-state index contributed by atoms with van der Waals surface area (Å²) in [6, 6.07) is 0. The van der Waals surface area contributed by atoms with Gasteiger partial charge in [0.2, 0.25) is 0 Å².